The zero-order valence-corrected chi connectivity index (χ0v) is 11.7. The van der Waals surface area contributed by atoms with Crippen molar-refractivity contribution >= 4 is 15.7 Å². The van der Waals surface area contributed by atoms with E-state index in [0.717, 1.165) is 11.1 Å². The molecule has 0 heterocycles. The van der Waals surface area contributed by atoms with Gasteiger partial charge in [0.2, 0.25) is 0 Å². The summed E-state index contributed by atoms with van der Waals surface area (Å²) in [5, 5.41) is 0. The first-order valence-electron chi connectivity index (χ1n) is 5.93. The van der Waals surface area contributed by atoms with Crippen LogP contribution in [0.5, 0.6) is 0 Å². The first kappa shape index (κ1) is 13.5. The van der Waals surface area contributed by atoms with Crippen LogP contribution in [-0.2, 0) is 10.0 Å². The molecule has 19 heavy (non-hydrogen) atoms. The summed E-state index contributed by atoms with van der Waals surface area (Å²) in [6, 6.07) is 15.9. The molecule has 0 aliphatic heterocycles. The predicted molar refractivity (Wildman–Crippen MR) is 77.0 cm³/mol. The van der Waals surface area contributed by atoms with E-state index in [4.69, 9.17) is 0 Å². The van der Waals surface area contributed by atoms with Crippen LogP contribution in [0, 0.1) is 6.92 Å². The van der Waals surface area contributed by atoms with Crippen LogP contribution >= 0.6 is 0 Å². The van der Waals surface area contributed by atoms with Gasteiger partial charge in [0.25, 0.3) is 10.0 Å². The summed E-state index contributed by atoms with van der Waals surface area (Å²) < 4.78 is 28.1. The van der Waals surface area contributed by atoms with Gasteiger partial charge in [-0.3, -0.25) is 0 Å². The van der Waals surface area contributed by atoms with Gasteiger partial charge in [0.05, 0.1) is 10.6 Å². The average molecular weight is 273 g/mol. The SMILES string of the molecule is C/C(=N/S(=O)(=O)c1ccc(C)cc1)c1ccccc1. The van der Waals surface area contributed by atoms with Crippen LogP contribution in [-0.4, -0.2) is 14.1 Å². The lowest BCUT2D eigenvalue weighted by atomic mass is 10.1. The number of hydrogen-bond acceptors (Lipinski definition) is 2. The highest BCUT2D eigenvalue weighted by atomic mass is 32.2. The summed E-state index contributed by atoms with van der Waals surface area (Å²) in [5.41, 5.74) is 2.31. The first-order valence-corrected chi connectivity index (χ1v) is 7.37. The van der Waals surface area contributed by atoms with Crippen molar-refractivity contribution in [2.75, 3.05) is 0 Å². The van der Waals surface area contributed by atoms with Crippen LogP contribution in [0.2, 0.25) is 0 Å². The molecule has 0 aliphatic carbocycles. The van der Waals surface area contributed by atoms with Crippen molar-refractivity contribution < 1.29 is 8.42 Å². The second-order valence-corrected chi connectivity index (χ2v) is 5.93. The normalized spacial score (nSPS) is 12.4. The Morgan fingerprint density at radius 3 is 2.11 bits per heavy atom. The van der Waals surface area contributed by atoms with Crippen molar-refractivity contribution in [2.24, 2.45) is 4.40 Å². The Labute approximate surface area is 113 Å². The molecule has 0 saturated heterocycles. The lowest BCUT2D eigenvalue weighted by molar-refractivity contribution is 0.598. The van der Waals surface area contributed by atoms with Crippen LogP contribution in [0.4, 0.5) is 0 Å². The van der Waals surface area contributed by atoms with Crippen molar-refractivity contribution in [1.29, 1.82) is 0 Å². The van der Waals surface area contributed by atoms with Crippen LogP contribution < -0.4 is 0 Å². The highest BCUT2D eigenvalue weighted by Gasteiger charge is 2.13. The van der Waals surface area contributed by atoms with Gasteiger partial charge >= 0.3 is 0 Å². The smallest absolute Gasteiger partial charge is 0.199 e. The van der Waals surface area contributed by atoms with E-state index >= 15 is 0 Å². The molecule has 0 fully saturated rings. The van der Waals surface area contributed by atoms with E-state index in [1.165, 1.54) is 0 Å². The minimum Gasteiger partial charge on any atom is -0.199 e. The second-order valence-electron chi connectivity index (χ2n) is 4.33. The number of benzene rings is 2. The summed E-state index contributed by atoms with van der Waals surface area (Å²) in [7, 11) is -3.64. The Morgan fingerprint density at radius 1 is 0.947 bits per heavy atom. The van der Waals surface area contributed by atoms with E-state index in [-0.39, 0.29) is 4.90 Å². The fraction of sp³-hybridized carbons (Fsp3) is 0.133. The maximum Gasteiger partial charge on any atom is 0.282 e. The van der Waals surface area contributed by atoms with Crippen LogP contribution in [0.1, 0.15) is 18.1 Å². The van der Waals surface area contributed by atoms with E-state index in [9.17, 15) is 8.42 Å². The Bertz CT molecular complexity index is 687. The molecule has 0 atom stereocenters. The van der Waals surface area contributed by atoms with Gasteiger partial charge in [0.15, 0.2) is 0 Å². The Kier molecular flexibility index (Phi) is 3.81. The van der Waals surface area contributed by atoms with Crippen LogP contribution in [0.25, 0.3) is 0 Å². The number of hydrogen-bond donors (Lipinski definition) is 0. The minimum atomic E-state index is -3.64. The van der Waals surface area contributed by atoms with Gasteiger partial charge in [-0.05, 0) is 31.5 Å². The van der Waals surface area contributed by atoms with Crippen LogP contribution in [0.15, 0.2) is 63.9 Å². The quantitative estimate of drug-likeness (QED) is 0.806. The molecule has 0 N–H and O–H groups in total. The number of aryl methyl sites for hydroxylation is 1. The van der Waals surface area contributed by atoms with Crippen molar-refractivity contribution in [2.45, 2.75) is 18.7 Å². The molecule has 0 amide bonds. The maximum absolute atomic E-state index is 12.1. The second kappa shape index (κ2) is 5.36. The van der Waals surface area contributed by atoms with Gasteiger partial charge < -0.3 is 0 Å². The molecule has 98 valence electrons. The molecule has 0 spiro atoms. The van der Waals surface area contributed by atoms with E-state index in [0.29, 0.717) is 5.71 Å². The highest BCUT2D eigenvalue weighted by Crippen LogP contribution is 2.14. The van der Waals surface area contributed by atoms with Gasteiger partial charge in [-0.15, -0.1) is 0 Å². The molecule has 3 nitrogen and oxygen atoms in total. The molecule has 0 aromatic heterocycles. The van der Waals surface area contributed by atoms with Gasteiger partial charge in [0, 0.05) is 0 Å². The average Bonchev–Trinajstić information content (AvgIpc) is 2.40. The van der Waals surface area contributed by atoms with E-state index < -0.39 is 10.0 Å². The number of rotatable bonds is 3. The van der Waals surface area contributed by atoms with Gasteiger partial charge in [-0.2, -0.15) is 12.8 Å². The van der Waals surface area contributed by atoms with Crippen molar-refractivity contribution in [3.8, 4) is 0 Å². The van der Waals surface area contributed by atoms with E-state index in [2.05, 4.69) is 4.40 Å². The third-order valence-corrected chi connectivity index (χ3v) is 4.15. The van der Waals surface area contributed by atoms with E-state index in [1.807, 2.05) is 37.3 Å². The fourth-order valence-electron chi connectivity index (χ4n) is 1.68. The van der Waals surface area contributed by atoms with E-state index in [1.54, 1.807) is 31.2 Å². The van der Waals surface area contributed by atoms with Gasteiger partial charge in [-0.1, -0.05) is 48.0 Å². The Balaban J connectivity index is 2.39. The minimum absolute atomic E-state index is 0.216. The maximum atomic E-state index is 12.1. The molecular formula is C15H15NO2S. The molecule has 4 heteroatoms. The molecule has 0 unspecified atom stereocenters. The zero-order valence-electron chi connectivity index (χ0n) is 10.9. The fourth-order valence-corrected chi connectivity index (χ4v) is 2.73. The topological polar surface area (TPSA) is 46.5 Å². The summed E-state index contributed by atoms with van der Waals surface area (Å²) >= 11 is 0. The van der Waals surface area contributed by atoms with Gasteiger partial charge in [0.1, 0.15) is 0 Å². The molecular weight excluding hydrogens is 258 g/mol. The van der Waals surface area contributed by atoms with Crippen molar-refractivity contribution in [3.63, 3.8) is 0 Å². The molecule has 0 aliphatic rings. The third kappa shape index (κ3) is 3.29. The lowest BCUT2D eigenvalue weighted by Crippen LogP contribution is -2.03. The molecule has 0 bridgehead atoms. The number of nitrogens with zero attached hydrogens (tertiary/aromatic N) is 1. The molecule has 2 aromatic carbocycles. The largest absolute Gasteiger partial charge is 0.282 e. The molecule has 2 rings (SSSR count). The zero-order chi connectivity index (χ0) is 13.9. The van der Waals surface area contributed by atoms with Crippen molar-refractivity contribution in [3.05, 3.63) is 65.7 Å². The highest BCUT2D eigenvalue weighted by molar-refractivity contribution is 7.90. The molecule has 2 aromatic rings. The Hall–Kier alpha value is -1.94. The Morgan fingerprint density at radius 2 is 1.53 bits per heavy atom. The third-order valence-electron chi connectivity index (χ3n) is 2.77. The molecule has 0 radical (unpaired) electrons. The molecule has 0 saturated carbocycles. The summed E-state index contributed by atoms with van der Waals surface area (Å²) in [5.74, 6) is 0. The summed E-state index contributed by atoms with van der Waals surface area (Å²) in [6.07, 6.45) is 0. The van der Waals surface area contributed by atoms with Crippen LogP contribution in [0.3, 0.4) is 0 Å². The monoisotopic (exact) mass is 273 g/mol. The van der Waals surface area contributed by atoms with Gasteiger partial charge in [-0.25, -0.2) is 0 Å². The predicted octanol–water partition coefficient (Wildman–Crippen LogP) is 3.19. The lowest BCUT2D eigenvalue weighted by Gasteiger charge is -2.03. The van der Waals surface area contributed by atoms with Crippen molar-refractivity contribution in [1.82, 2.24) is 0 Å². The summed E-state index contributed by atoms with van der Waals surface area (Å²) in [4.78, 5) is 0.216. The standard InChI is InChI=1S/C15H15NO2S/c1-12-8-10-15(11-9-12)19(17,18)16-13(2)14-6-4-3-5-7-14/h3-11H,1-2H3/b16-13-. The first-order chi connectivity index (χ1) is 8.99. The summed E-state index contributed by atoms with van der Waals surface area (Å²) in [6.45, 7) is 3.61. The number of sulfonamides is 1.